The summed E-state index contributed by atoms with van der Waals surface area (Å²) in [6.45, 7) is 1.23. The van der Waals surface area contributed by atoms with Crippen molar-refractivity contribution in [3.63, 3.8) is 0 Å². The molecule has 1 amide bonds. The van der Waals surface area contributed by atoms with E-state index in [9.17, 15) is 9.90 Å². The summed E-state index contributed by atoms with van der Waals surface area (Å²) in [5, 5.41) is 9.98. The molecule has 25 heavy (non-hydrogen) atoms. The molecule has 2 aliphatic rings. The number of thiocarbonyl (C=S) groups is 1. The molecule has 0 spiro atoms. The van der Waals surface area contributed by atoms with Gasteiger partial charge in [-0.3, -0.25) is 9.69 Å². The highest BCUT2D eigenvalue weighted by Gasteiger charge is 2.34. The Labute approximate surface area is 155 Å². The van der Waals surface area contributed by atoms with Crippen LogP contribution < -0.4 is 9.47 Å². The number of methoxy groups -OCH3 is 2. The molecule has 3 rings (SSSR count). The van der Waals surface area contributed by atoms with Crippen LogP contribution in [0.2, 0.25) is 0 Å². The third-order valence-electron chi connectivity index (χ3n) is 4.08. The second kappa shape index (κ2) is 7.63. The van der Waals surface area contributed by atoms with Gasteiger partial charge in [0.1, 0.15) is 4.32 Å². The van der Waals surface area contributed by atoms with E-state index in [2.05, 4.69) is 0 Å². The summed E-state index contributed by atoms with van der Waals surface area (Å²) < 4.78 is 16.4. The van der Waals surface area contributed by atoms with Gasteiger partial charge in [0.15, 0.2) is 11.5 Å². The van der Waals surface area contributed by atoms with Crippen molar-refractivity contribution in [1.29, 1.82) is 0 Å². The van der Waals surface area contributed by atoms with Crippen molar-refractivity contribution in [3.8, 4) is 17.2 Å². The highest BCUT2D eigenvalue weighted by molar-refractivity contribution is 8.26. The minimum absolute atomic E-state index is 0.0516. The Hall–Kier alpha value is -1.77. The monoisotopic (exact) mass is 381 g/mol. The Morgan fingerprint density at radius 3 is 2.64 bits per heavy atom. The van der Waals surface area contributed by atoms with Gasteiger partial charge in [0.2, 0.25) is 5.75 Å². The van der Waals surface area contributed by atoms with Crippen LogP contribution in [0.4, 0.5) is 0 Å². The molecule has 0 aromatic heterocycles. The molecule has 1 aromatic carbocycles. The molecule has 8 heteroatoms. The van der Waals surface area contributed by atoms with Crippen molar-refractivity contribution >= 4 is 40.3 Å². The van der Waals surface area contributed by atoms with Gasteiger partial charge in [-0.05, 0) is 36.6 Å². The van der Waals surface area contributed by atoms with Gasteiger partial charge < -0.3 is 19.3 Å². The van der Waals surface area contributed by atoms with Crippen molar-refractivity contribution < 1.29 is 24.1 Å². The van der Waals surface area contributed by atoms with Crippen LogP contribution in [0.25, 0.3) is 6.08 Å². The van der Waals surface area contributed by atoms with Gasteiger partial charge in [0.05, 0.1) is 31.8 Å². The van der Waals surface area contributed by atoms with E-state index in [1.165, 1.54) is 26.0 Å². The molecule has 1 N–H and O–H groups in total. The Bertz CT molecular complexity index is 703. The summed E-state index contributed by atoms with van der Waals surface area (Å²) in [6.07, 6.45) is 3.74. The van der Waals surface area contributed by atoms with Gasteiger partial charge in [-0.2, -0.15) is 0 Å². The number of benzene rings is 1. The number of rotatable bonds is 5. The molecule has 0 aliphatic carbocycles. The zero-order chi connectivity index (χ0) is 18.0. The lowest BCUT2D eigenvalue weighted by molar-refractivity contribution is -0.123. The fourth-order valence-electron chi connectivity index (χ4n) is 2.80. The molecule has 1 atom stereocenters. The van der Waals surface area contributed by atoms with Crippen LogP contribution in [0.1, 0.15) is 18.4 Å². The number of phenols is 1. The molecule has 0 bridgehead atoms. The molecular formula is C17H19NO5S2. The molecule has 2 aliphatic heterocycles. The Kier molecular flexibility index (Phi) is 5.51. The maximum Gasteiger partial charge on any atom is 0.266 e. The first-order valence-electron chi connectivity index (χ1n) is 7.85. The SMILES string of the molecule is COc1cc(/C=C2\SC(=S)N(C[C@@H]3CCCO3)C2=O)cc(OC)c1O. The van der Waals surface area contributed by atoms with Gasteiger partial charge >= 0.3 is 0 Å². The second-order valence-corrected chi connectivity index (χ2v) is 7.38. The second-order valence-electron chi connectivity index (χ2n) is 5.70. The van der Waals surface area contributed by atoms with Crippen LogP contribution in [0, 0.1) is 0 Å². The zero-order valence-corrected chi connectivity index (χ0v) is 15.6. The van der Waals surface area contributed by atoms with Crippen LogP contribution in [0.15, 0.2) is 17.0 Å². The molecule has 6 nitrogen and oxygen atoms in total. The largest absolute Gasteiger partial charge is 0.502 e. The van der Waals surface area contributed by atoms with E-state index in [1.807, 2.05) is 0 Å². The average molecular weight is 381 g/mol. The fourth-order valence-corrected chi connectivity index (χ4v) is 4.07. The quantitative estimate of drug-likeness (QED) is 0.621. The molecule has 0 saturated carbocycles. The molecule has 2 heterocycles. The summed E-state index contributed by atoms with van der Waals surface area (Å²) in [6, 6.07) is 3.29. The minimum atomic E-state index is -0.128. The number of ether oxygens (including phenoxy) is 3. The zero-order valence-electron chi connectivity index (χ0n) is 14.0. The van der Waals surface area contributed by atoms with Crippen molar-refractivity contribution in [1.82, 2.24) is 4.90 Å². The van der Waals surface area contributed by atoms with Crippen LogP contribution in [0.3, 0.4) is 0 Å². The molecule has 2 fully saturated rings. The highest BCUT2D eigenvalue weighted by Crippen LogP contribution is 2.39. The van der Waals surface area contributed by atoms with Crippen molar-refractivity contribution in [2.24, 2.45) is 0 Å². The first kappa shape index (κ1) is 18.0. The normalized spacial score (nSPS) is 22.1. The lowest BCUT2D eigenvalue weighted by atomic mass is 10.1. The van der Waals surface area contributed by atoms with E-state index >= 15 is 0 Å². The van der Waals surface area contributed by atoms with Gasteiger partial charge in [-0.1, -0.05) is 24.0 Å². The number of phenolic OH excluding ortho intramolecular Hbond substituents is 1. The van der Waals surface area contributed by atoms with Crippen LogP contribution in [-0.2, 0) is 9.53 Å². The predicted octanol–water partition coefficient (Wildman–Crippen LogP) is 2.79. The Morgan fingerprint density at radius 1 is 1.40 bits per heavy atom. The van der Waals surface area contributed by atoms with Crippen molar-refractivity contribution in [3.05, 3.63) is 22.6 Å². The van der Waals surface area contributed by atoms with Crippen LogP contribution in [0.5, 0.6) is 17.2 Å². The first-order chi connectivity index (χ1) is 12.0. The maximum absolute atomic E-state index is 12.7. The predicted molar refractivity (Wildman–Crippen MR) is 100 cm³/mol. The molecule has 134 valence electrons. The summed E-state index contributed by atoms with van der Waals surface area (Å²) in [5.41, 5.74) is 0.684. The van der Waals surface area contributed by atoms with E-state index in [1.54, 1.807) is 23.1 Å². The molecule has 2 saturated heterocycles. The van der Waals surface area contributed by atoms with E-state index in [0.29, 0.717) is 21.3 Å². The van der Waals surface area contributed by atoms with Crippen LogP contribution in [-0.4, -0.2) is 53.7 Å². The first-order valence-corrected chi connectivity index (χ1v) is 9.08. The smallest absolute Gasteiger partial charge is 0.266 e. The summed E-state index contributed by atoms with van der Waals surface area (Å²) >= 11 is 6.61. The van der Waals surface area contributed by atoms with Gasteiger partial charge in [-0.15, -0.1) is 0 Å². The summed E-state index contributed by atoms with van der Waals surface area (Å²) in [7, 11) is 2.92. The van der Waals surface area contributed by atoms with Crippen molar-refractivity contribution in [2.45, 2.75) is 18.9 Å². The molecule has 0 radical (unpaired) electrons. The third kappa shape index (κ3) is 3.75. The average Bonchev–Trinajstić information content (AvgIpc) is 3.20. The maximum atomic E-state index is 12.7. The Morgan fingerprint density at radius 2 is 2.08 bits per heavy atom. The topological polar surface area (TPSA) is 68.2 Å². The number of thioether (sulfide) groups is 1. The third-order valence-corrected chi connectivity index (χ3v) is 5.46. The Balaban J connectivity index is 1.84. The van der Waals surface area contributed by atoms with E-state index in [4.69, 9.17) is 26.4 Å². The number of carbonyl (C=O) groups is 1. The lowest BCUT2D eigenvalue weighted by Crippen LogP contribution is -2.35. The summed E-state index contributed by atoms with van der Waals surface area (Å²) in [4.78, 5) is 14.8. The number of carbonyl (C=O) groups excluding carboxylic acids is 1. The minimum Gasteiger partial charge on any atom is -0.502 e. The number of aromatic hydroxyl groups is 1. The highest BCUT2D eigenvalue weighted by atomic mass is 32.2. The standard InChI is InChI=1S/C17H19NO5S2/c1-21-12-6-10(7-13(22-2)15(12)19)8-14-16(20)18(17(24)25-14)9-11-4-3-5-23-11/h6-8,11,19H,3-5,9H2,1-2H3/b14-8-/t11-/m0/s1. The number of hydrogen-bond donors (Lipinski definition) is 1. The van der Waals surface area contributed by atoms with E-state index < -0.39 is 0 Å². The molecule has 1 aromatic rings. The van der Waals surface area contributed by atoms with Gasteiger partial charge in [0.25, 0.3) is 5.91 Å². The molecule has 0 unspecified atom stereocenters. The molecular weight excluding hydrogens is 362 g/mol. The lowest BCUT2D eigenvalue weighted by Gasteiger charge is -2.18. The van der Waals surface area contributed by atoms with E-state index in [-0.39, 0.29) is 29.3 Å². The number of nitrogens with zero attached hydrogens (tertiary/aromatic N) is 1. The van der Waals surface area contributed by atoms with Crippen LogP contribution >= 0.6 is 24.0 Å². The summed E-state index contributed by atoms with van der Waals surface area (Å²) in [5.74, 6) is 0.352. The number of amides is 1. The number of hydrogen-bond acceptors (Lipinski definition) is 7. The van der Waals surface area contributed by atoms with E-state index in [0.717, 1.165) is 19.4 Å². The van der Waals surface area contributed by atoms with Gasteiger partial charge in [0, 0.05) is 6.61 Å². The van der Waals surface area contributed by atoms with Crippen molar-refractivity contribution in [2.75, 3.05) is 27.4 Å². The van der Waals surface area contributed by atoms with Gasteiger partial charge in [-0.25, -0.2) is 0 Å². The fraction of sp³-hybridized carbons (Fsp3) is 0.412.